The molecule has 1 aromatic heterocycles. The molecule has 1 fully saturated rings. The van der Waals surface area contributed by atoms with Crippen molar-refractivity contribution in [3.05, 3.63) is 12.4 Å². The number of hydrogen-bond acceptors (Lipinski definition) is 5. The summed E-state index contributed by atoms with van der Waals surface area (Å²) in [5, 5.41) is 2.77. The molecule has 0 spiro atoms. The van der Waals surface area contributed by atoms with E-state index < -0.39 is 10.0 Å². The van der Waals surface area contributed by atoms with Crippen LogP contribution in [0.2, 0.25) is 0 Å². The number of rotatable bonds is 3. The smallest absolute Gasteiger partial charge is 0.246 e. The van der Waals surface area contributed by atoms with Crippen molar-refractivity contribution in [2.45, 2.75) is 31.1 Å². The van der Waals surface area contributed by atoms with Crippen molar-refractivity contribution in [2.75, 3.05) is 25.5 Å². The Balaban J connectivity index is 2.20. The Morgan fingerprint density at radius 1 is 1.26 bits per heavy atom. The van der Waals surface area contributed by atoms with Crippen LogP contribution in [0.1, 0.15) is 26.2 Å². The monoisotopic (exact) mass is 284 g/mol. The first kappa shape index (κ1) is 14.2. The lowest BCUT2D eigenvalue weighted by Crippen LogP contribution is -2.32. The van der Waals surface area contributed by atoms with E-state index in [-0.39, 0.29) is 4.90 Å². The highest BCUT2D eigenvalue weighted by Crippen LogP contribution is 2.22. The average molecular weight is 284 g/mol. The molecule has 1 aliphatic rings. The number of sulfonamides is 1. The second-order valence-electron chi connectivity index (χ2n) is 4.93. The fourth-order valence-corrected chi connectivity index (χ4v) is 3.59. The highest BCUT2D eigenvalue weighted by atomic mass is 32.2. The molecular formula is C12H20N4O2S. The molecule has 1 aliphatic heterocycles. The Kier molecular flexibility index (Phi) is 4.36. The molecule has 1 N–H and O–H groups in total. The lowest BCUT2D eigenvalue weighted by Gasteiger charge is -2.19. The van der Waals surface area contributed by atoms with E-state index in [0.717, 1.165) is 19.3 Å². The quantitative estimate of drug-likeness (QED) is 0.906. The zero-order valence-corrected chi connectivity index (χ0v) is 12.2. The molecule has 7 heteroatoms. The Morgan fingerprint density at radius 3 is 2.58 bits per heavy atom. The van der Waals surface area contributed by atoms with E-state index in [1.807, 2.05) is 0 Å². The van der Waals surface area contributed by atoms with Gasteiger partial charge in [0.05, 0.1) is 12.4 Å². The second kappa shape index (κ2) is 5.83. The molecule has 0 aromatic carbocycles. The van der Waals surface area contributed by atoms with Crippen LogP contribution < -0.4 is 5.32 Å². The minimum Gasteiger partial charge on any atom is -0.357 e. The van der Waals surface area contributed by atoms with Crippen molar-refractivity contribution in [3.63, 3.8) is 0 Å². The third kappa shape index (κ3) is 3.22. The normalized spacial score (nSPS) is 21.9. The molecule has 0 radical (unpaired) electrons. The third-order valence-electron chi connectivity index (χ3n) is 3.47. The summed E-state index contributed by atoms with van der Waals surface area (Å²) >= 11 is 0. The summed E-state index contributed by atoms with van der Waals surface area (Å²) in [6.07, 6.45) is 5.64. The molecule has 19 heavy (non-hydrogen) atoms. The molecule has 6 nitrogen and oxygen atoms in total. The fourth-order valence-electron chi connectivity index (χ4n) is 2.20. The molecule has 1 aromatic rings. The molecule has 2 rings (SSSR count). The number of nitrogens with one attached hydrogen (secondary N) is 1. The molecule has 1 unspecified atom stereocenters. The summed E-state index contributed by atoms with van der Waals surface area (Å²) in [6.45, 7) is 3.33. The predicted molar refractivity (Wildman–Crippen MR) is 73.4 cm³/mol. The topological polar surface area (TPSA) is 75.2 Å². The predicted octanol–water partition coefficient (Wildman–Crippen LogP) is 1.33. The highest BCUT2D eigenvalue weighted by Gasteiger charge is 2.27. The first-order valence-electron chi connectivity index (χ1n) is 6.54. The standard InChI is InChI=1S/C12H20N4O2S/c1-10-4-3-6-16(7-5-10)19(17,18)11-8-14-12(13-2)15-9-11/h8-10H,3-7H2,1-2H3,(H,13,14,15). The average Bonchev–Trinajstić information content (AvgIpc) is 2.64. The zero-order valence-electron chi connectivity index (χ0n) is 11.3. The van der Waals surface area contributed by atoms with Gasteiger partial charge in [0.15, 0.2) is 0 Å². The molecule has 106 valence electrons. The van der Waals surface area contributed by atoms with Crippen LogP contribution in [0.15, 0.2) is 17.3 Å². The molecule has 2 heterocycles. The van der Waals surface area contributed by atoms with E-state index in [4.69, 9.17) is 0 Å². The first-order valence-corrected chi connectivity index (χ1v) is 7.98. The summed E-state index contributed by atoms with van der Waals surface area (Å²) in [4.78, 5) is 8.10. The van der Waals surface area contributed by atoms with Gasteiger partial charge < -0.3 is 5.32 Å². The minimum atomic E-state index is -3.45. The first-order chi connectivity index (χ1) is 9.04. The highest BCUT2D eigenvalue weighted by molar-refractivity contribution is 7.89. The van der Waals surface area contributed by atoms with Gasteiger partial charge in [-0.15, -0.1) is 0 Å². The lowest BCUT2D eigenvalue weighted by atomic mass is 10.0. The zero-order chi connectivity index (χ0) is 13.9. The number of nitrogens with zero attached hydrogens (tertiary/aromatic N) is 3. The van der Waals surface area contributed by atoms with Crippen molar-refractivity contribution < 1.29 is 8.42 Å². The minimum absolute atomic E-state index is 0.168. The largest absolute Gasteiger partial charge is 0.357 e. The van der Waals surface area contributed by atoms with Crippen LogP contribution in [-0.2, 0) is 10.0 Å². The SMILES string of the molecule is CNc1ncc(S(=O)(=O)N2CCCC(C)CC2)cn1. The number of hydrogen-bond donors (Lipinski definition) is 1. The Bertz CT molecular complexity index is 515. The summed E-state index contributed by atoms with van der Waals surface area (Å²) in [5.74, 6) is 1.01. The summed E-state index contributed by atoms with van der Waals surface area (Å²) < 4.78 is 26.5. The summed E-state index contributed by atoms with van der Waals surface area (Å²) in [6, 6.07) is 0. The fraction of sp³-hybridized carbons (Fsp3) is 0.667. The van der Waals surface area contributed by atoms with Crippen LogP contribution in [0, 0.1) is 5.92 Å². The van der Waals surface area contributed by atoms with Gasteiger partial charge in [0.25, 0.3) is 0 Å². The van der Waals surface area contributed by atoms with Crippen LogP contribution in [0.3, 0.4) is 0 Å². The molecule has 0 saturated carbocycles. The van der Waals surface area contributed by atoms with Crippen LogP contribution in [0.4, 0.5) is 5.95 Å². The Labute approximate surface area is 114 Å². The van der Waals surface area contributed by atoms with Gasteiger partial charge in [0, 0.05) is 20.1 Å². The van der Waals surface area contributed by atoms with Gasteiger partial charge in [0.1, 0.15) is 4.90 Å². The van der Waals surface area contributed by atoms with E-state index in [0.29, 0.717) is 25.0 Å². The Morgan fingerprint density at radius 2 is 1.95 bits per heavy atom. The van der Waals surface area contributed by atoms with Gasteiger partial charge in [-0.1, -0.05) is 6.92 Å². The van der Waals surface area contributed by atoms with E-state index in [1.54, 1.807) is 11.4 Å². The van der Waals surface area contributed by atoms with Gasteiger partial charge in [-0.2, -0.15) is 4.31 Å². The maximum Gasteiger partial charge on any atom is 0.246 e. The van der Waals surface area contributed by atoms with Crippen LogP contribution >= 0.6 is 0 Å². The van der Waals surface area contributed by atoms with E-state index in [2.05, 4.69) is 22.2 Å². The summed E-state index contributed by atoms with van der Waals surface area (Å²) in [5.41, 5.74) is 0. The van der Waals surface area contributed by atoms with Crippen LogP contribution in [0.5, 0.6) is 0 Å². The third-order valence-corrected chi connectivity index (χ3v) is 5.32. The Hall–Kier alpha value is -1.21. The van der Waals surface area contributed by atoms with Crippen molar-refractivity contribution in [1.82, 2.24) is 14.3 Å². The van der Waals surface area contributed by atoms with Crippen LogP contribution in [0.25, 0.3) is 0 Å². The van der Waals surface area contributed by atoms with Crippen molar-refractivity contribution in [1.29, 1.82) is 0 Å². The number of aromatic nitrogens is 2. The molecule has 0 bridgehead atoms. The number of anilines is 1. The van der Waals surface area contributed by atoms with Gasteiger partial charge in [-0.05, 0) is 25.2 Å². The van der Waals surface area contributed by atoms with Crippen molar-refractivity contribution in [2.24, 2.45) is 5.92 Å². The summed E-state index contributed by atoms with van der Waals surface area (Å²) in [7, 11) is -1.76. The van der Waals surface area contributed by atoms with Gasteiger partial charge >= 0.3 is 0 Å². The molecule has 1 saturated heterocycles. The maximum absolute atomic E-state index is 12.5. The van der Waals surface area contributed by atoms with E-state index >= 15 is 0 Å². The molecule has 0 aliphatic carbocycles. The van der Waals surface area contributed by atoms with Gasteiger partial charge in [-0.25, -0.2) is 18.4 Å². The molecule has 1 atom stereocenters. The van der Waals surface area contributed by atoms with Crippen LogP contribution in [-0.4, -0.2) is 42.8 Å². The lowest BCUT2D eigenvalue weighted by molar-refractivity contribution is 0.416. The maximum atomic E-state index is 12.5. The van der Waals surface area contributed by atoms with E-state index in [9.17, 15) is 8.42 Å². The van der Waals surface area contributed by atoms with E-state index in [1.165, 1.54) is 12.4 Å². The van der Waals surface area contributed by atoms with Crippen molar-refractivity contribution >= 4 is 16.0 Å². The van der Waals surface area contributed by atoms with Gasteiger partial charge in [-0.3, -0.25) is 0 Å². The van der Waals surface area contributed by atoms with Gasteiger partial charge in [0.2, 0.25) is 16.0 Å². The second-order valence-corrected chi connectivity index (χ2v) is 6.87. The van der Waals surface area contributed by atoms with Crippen molar-refractivity contribution in [3.8, 4) is 0 Å². The molecular weight excluding hydrogens is 264 g/mol. The molecule has 0 amide bonds.